The highest BCUT2D eigenvalue weighted by molar-refractivity contribution is 5.94. The Morgan fingerprint density at radius 2 is 1.88 bits per heavy atom. The number of nitrogens with zero attached hydrogens (tertiary/aromatic N) is 3. The van der Waals surface area contributed by atoms with Crippen LogP contribution in [0, 0.1) is 0 Å². The molecule has 126 valence electrons. The van der Waals surface area contributed by atoms with Crippen molar-refractivity contribution in [3.05, 3.63) is 60.0 Å². The molecule has 0 aliphatic carbocycles. The Bertz CT molecular complexity index is 908. The van der Waals surface area contributed by atoms with Crippen LogP contribution in [0.25, 0.3) is 11.5 Å². The van der Waals surface area contributed by atoms with E-state index in [2.05, 4.69) is 10.2 Å². The van der Waals surface area contributed by atoms with Gasteiger partial charge in [-0.15, -0.1) is 10.2 Å². The van der Waals surface area contributed by atoms with Crippen LogP contribution in [0.5, 0.6) is 11.5 Å². The fourth-order valence-electron chi connectivity index (χ4n) is 2.54. The average Bonchev–Trinajstić information content (AvgIpc) is 3.30. The molecule has 0 saturated carbocycles. The highest BCUT2D eigenvalue weighted by Gasteiger charge is 2.20. The SMILES string of the molecule is CN(Cc1nnc(-c2ccccc2)o1)C(=O)c1ccc2c(c1)OCO2. The summed E-state index contributed by atoms with van der Waals surface area (Å²) in [7, 11) is 1.68. The molecule has 1 aliphatic heterocycles. The number of aromatic nitrogens is 2. The first-order valence-electron chi connectivity index (χ1n) is 7.73. The van der Waals surface area contributed by atoms with Crippen molar-refractivity contribution in [3.8, 4) is 23.0 Å². The van der Waals surface area contributed by atoms with Gasteiger partial charge < -0.3 is 18.8 Å². The van der Waals surface area contributed by atoms with Crippen molar-refractivity contribution in [2.24, 2.45) is 0 Å². The summed E-state index contributed by atoms with van der Waals surface area (Å²) in [5, 5.41) is 8.04. The van der Waals surface area contributed by atoms with Crippen molar-refractivity contribution < 1.29 is 18.7 Å². The number of benzene rings is 2. The number of ether oxygens (including phenoxy) is 2. The minimum Gasteiger partial charge on any atom is -0.454 e. The van der Waals surface area contributed by atoms with Gasteiger partial charge in [-0.05, 0) is 30.3 Å². The number of hydrogen-bond acceptors (Lipinski definition) is 6. The molecule has 7 nitrogen and oxygen atoms in total. The third kappa shape index (κ3) is 3.03. The Hall–Kier alpha value is -3.35. The Labute approximate surface area is 143 Å². The van der Waals surface area contributed by atoms with Gasteiger partial charge in [-0.1, -0.05) is 18.2 Å². The van der Waals surface area contributed by atoms with E-state index in [1.807, 2.05) is 30.3 Å². The lowest BCUT2D eigenvalue weighted by Gasteiger charge is -2.15. The molecule has 3 aromatic rings. The van der Waals surface area contributed by atoms with Crippen LogP contribution in [0.15, 0.2) is 52.9 Å². The van der Waals surface area contributed by atoms with Crippen molar-refractivity contribution in [1.82, 2.24) is 15.1 Å². The van der Waals surface area contributed by atoms with E-state index in [0.717, 1.165) is 5.56 Å². The van der Waals surface area contributed by atoms with Crippen LogP contribution in [0.3, 0.4) is 0 Å². The van der Waals surface area contributed by atoms with E-state index in [-0.39, 0.29) is 19.2 Å². The van der Waals surface area contributed by atoms with Gasteiger partial charge in [-0.2, -0.15) is 0 Å². The summed E-state index contributed by atoms with van der Waals surface area (Å²) in [4.78, 5) is 14.1. The molecule has 0 N–H and O–H groups in total. The zero-order valence-corrected chi connectivity index (χ0v) is 13.5. The first kappa shape index (κ1) is 15.2. The standard InChI is InChI=1S/C18H15N3O4/c1-21(18(22)13-7-8-14-15(9-13)24-11-23-14)10-16-19-20-17(25-16)12-5-3-2-4-6-12/h2-9H,10-11H2,1H3. The lowest BCUT2D eigenvalue weighted by atomic mass is 10.2. The smallest absolute Gasteiger partial charge is 0.254 e. The summed E-state index contributed by atoms with van der Waals surface area (Å²) in [6.45, 7) is 0.389. The molecular weight excluding hydrogens is 322 g/mol. The molecule has 7 heteroatoms. The molecular formula is C18H15N3O4. The maximum atomic E-state index is 12.6. The number of rotatable bonds is 4. The summed E-state index contributed by atoms with van der Waals surface area (Å²) in [5.41, 5.74) is 1.35. The lowest BCUT2D eigenvalue weighted by Crippen LogP contribution is -2.26. The second kappa shape index (κ2) is 6.27. The molecule has 0 fully saturated rings. The molecule has 0 atom stereocenters. The normalized spacial score (nSPS) is 12.2. The van der Waals surface area contributed by atoms with E-state index < -0.39 is 0 Å². The van der Waals surface area contributed by atoms with E-state index in [0.29, 0.717) is 28.8 Å². The predicted octanol–water partition coefficient (Wildman–Crippen LogP) is 2.74. The molecule has 2 aromatic carbocycles. The monoisotopic (exact) mass is 337 g/mol. The number of amides is 1. The van der Waals surface area contributed by atoms with Crippen LogP contribution in [0.1, 0.15) is 16.2 Å². The molecule has 1 amide bonds. The molecule has 25 heavy (non-hydrogen) atoms. The van der Waals surface area contributed by atoms with E-state index in [1.165, 1.54) is 4.90 Å². The molecule has 1 aliphatic rings. The van der Waals surface area contributed by atoms with Crippen LogP contribution < -0.4 is 9.47 Å². The van der Waals surface area contributed by atoms with Crippen LogP contribution in [-0.4, -0.2) is 34.8 Å². The van der Waals surface area contributed by atoms with Crippen molar-refractivity contribution >= 4 is 5.91 Å². The molecule has 0 saturated heterocycles. The topological polar surface area (TPSA) is 77.7 Å². The van der Waals surface area contributed by atoms with Crippen molar-refractivity contribution in [3.63, 3.8) is 0 Å². The Morgan fingerprint density at radius 1 is 1.08 bits per heavy atom. The number of fused-ring (bicyclic) bond motifs is 1. The molecule has 2 heterocycles. The van der Waals surface area contributed by atoms with Gasteiger partial charge in [0.15, 0.2) is 11.5 Å². The van der Waals surface area contributed by atoms with Gasteiger partial charge in [0.2, 0.25) is 18.6 Å². The average molecular weight is 337 g/mol. The summed E-state index contributed by atoms with van der Waals surface area (Å²) >= 11 is 0. The second-order valence-electron chi connectivity index (χ2n) is 5.60. The Balaban J connectivity index is 1.47. The second-order valence-corrected chi connectivity index (χ2v) is 5.60. The summed E-state index contributed by atoms with van der Waals surface area (Å²) in [6.07, 6.45) is 0. The van der Waals surface area contributed by atoms with Crippen LogP contribution in [0.2, 0.25) is 0 Å². The number of hydrogen-bond donors (Lipinski definition) is 0. The van der Waals surface area contributed by atoms with Gasteiger partial charge in [0.1, 0.15) is 0 Å². The van der Waals surface area contributed by atoms with Crippen LogP contribution in [0.4, 0.5) is 0 Å². The third-order valence-electron chi connectivity index (χ3n) is 3.83. The zero-order valence-electron chi connectivity index (χ0n) is 13.5. The van der Waals surface area contributed by atoms with Crippen LogP contribution in [-0.2, 0) is 6.54 Å². The summed E-state index contributed by atoms with van der Waals surface area (Å²) in [5.74, 6) is 1.85. The van der Waals surface area contributed by atoms with Crippen molar-refractivity contribution in [2.45, 2.75) is 6.54 Å². The predicted molar refractivity (Wildman–Crippen MR) is 88.1 cm³/mol. The van der Waals surface area contributed by atoms with Gasteiger partial charge in [0.05, 0.1) is 6.54 Å². The van der Waals surface area contributed by atoms with E-state index >= 15 is 0 Å². The lowest BCUT2D eigenvalue weighted by molar-refractivity contribution is 0.0772. The van der Waals surface area contributed by atoms with Gasteiger partial charge in [0.25, 0.3) is 5.91 Å². The van der Waals surface area contributed by atoms with Crippen molar-refractivity contribution in [2.75, 3.05) is 13.8 Å². The van der Waals surface area contributed by atoms with E-state index in [9.17, 15) is 4.79 Å². The van der Waals surface area contributed by atoms with Gasteiger partial charge in [-0.25, -0.2) is 0 Å². The minimum absolute atomic E-state index is 0.169. The molecule has 1 aromatic heterocycles. The third-order valence-corrected chi connectivity index (χ3v) is 3.83. The summed E-state index contributed by atoms with van der Waals surface area (Å²) < 4.78 is 16.2. The zero-order chi connectivity index (χ0) is 17.2. The number of carbonyl (C=O) groups is 1. The van der Waals surface area contributed by atoms with Gasteiger partial charge >= 0.3 is 0 Å². The Kier molecular flexibility index (Phi) is 3.81. The van der Waals surface area contributed by atoms with Gasteiger partial charge in [-0.3, -0.25) is 4.79 Å². The molecule has 0 radical (unpaired) electrons. The first-order valence-corrected chi connectivity index (χ1v) is 7.73. The highest BCUT2D eigenvalue weighted by atomic mass is 16.7. The highest BCUT2D eigenvalue weighted by Crippen LogP contribution is 2.32. The Morgan fingerprint density at radius 3 is 2.72 bits per heavy atom. The quantitative estimate of drug-likeness (QED) is 0.728. The summed E-state index contributed by atoms with van der Waals surface area (Å²) in [6, 6.07) is 14.6. The minimum atomic E-state index is -0.169. The molecule has 0 unspecified atom stereocenters. The fraction of sp³-hybridized carbons (Fsp3) is 0.167. The van der Waals surface area contributed by atoms with E-state index in [1.54, 1.807) is 25.2 Å². The van der Waals surface area contributed by atoms with Crippen LogP contribution >= 0.6 is 0 Å². The maximum absolute atomic E-state index is 12.6. The van der Waals surface area contributed by atoms with Gasteiger partial charge in [0, 0.05) is 18.2 Å². The fourth-order valence-corrected chi connectivity index (χ4v) is 2.54. The van der Waals surface area contributed by atoms with Crippen molar-refractivity contribution in [1.29, 1.82) is 0 Å². The first-order chi connectivity index (χ1) is 12.2. The maximum Gasteiger partial charge on any atom is 0.254 e. The largest absolute Gasteiger partial charge is 0.454 e. The molecule has 4 rings (SSSR count). The van der Waals surface area contributed by atoms with E-state index in [4.69, 9.17) is 13.9 Å². The molecule has 0 bridgehead atoms. The molecule has 0 spiro atoms. The number of carbonyl (C=O) groups excluding carboxylic acids is 1.